The summed E-state index contributed by atoms with van der Waals surface area (Å²) in [5, 5.41) is 0. The molecule has 0 saturated carbocycles. The molecular weight excluding hydrogens is 272 g/mol. The van der Waals surface area contributed by atoms with E-state index in [1.54, 1.807) is 30.3 Å². The van der Waals surface area contributed by atoms with E-state index in [1.165, 1.54) is 0 Å². The van der Waals surface area contributed by atoms with Crippen LogP contribution in [0.25, 0.3) is 0 Å². The lowest BCUT2D eigenvalue weighted by molar-refractivity contribution is 0.554. The summed E-state index contributed by atoms with van der Waals surface area (Å²) in [6.07, 6.45) is 6.87. The zero-order valence-corrected chi connectivity index (χ0v) is 10.4. The average Bonchev–Trinajstić information content (AvgIpc) is 2.78. The number of hydrogen-bond acceptors (Lipinski definition) is 3. The molecule has 2 rings (SSSR count). The quantitative estimate of drug-likeness (QED) is 0.850. The lowest BCUT2D eigenvalue weighted by Gasteiger charge is -2.07. The van der Waals surface area contributed by atoms with Crippen molar-refractivity contribution in [3.05, 3.63) is 45.6 Å². The molecular formula is C10H11BrN4O. The maximum absolute atomic E-state index is 11.8. The van der Waals surface area contributed by atoms with Gasteiger partial charge in [0, 0.05) is 25.5 Å². The van der Waals surface area contributed by atoms with Crippen LogP contribution < -0.4 is 5.56 Å². The highest BCUT2D eigenvalue weighted by atomic mass is 79.9. The number of nitrogens with zero attached hydrogens (tertiary/aromatic N) is 4. The minimum Gasteiger partial charge on any atom is -0.336 e. The van der Waals surface area contributed by atoms with Gasteiger partial charge in [-0.1, -0.05) is 0 Å². The van der Waals surface area contributed by atoms with Gasteiger partial charge in [0.2, 0.25) is 0 Å². The smallest absolute Gasteiger partial charge is 0.267 e. The molecule has 0 unspecified atom stereocenters. The van der Waals surface area contributed by atoms with Gasteiger partial charge in [0.1, 0.15) is 4.47 Å². The number of rotatable bonds is 3. The molecule has 0 aliphatic rings. The monoisotopic (exact) mass is 282 g/mol. The molecule has 2 aromatic heterocycles. The van der Waals surface area contributed by atoms with Gasteiger partial charge in [-0.25, -0.2) is 9.97 Å². The minimum absolute atomic E-state index is 0.0485. The van der Waals surface area contributed by atoms with Crippen LogP contribution in [-0.4, -0.2) is 19.1 Å². The first-order chi connectivity index (χ1) is 7.68. The van der Waals surface area contributed by atoms with Crippen LogP contribution >= 0.6 is 15.9 Å². The van der Waals surface area contributed by atoms with Crippen molar-refractivity contribution < 1.29 is 0 Å². The Bertz CT molecular complexity index is 532. The van der Waals surface area contributed by atoms with Crippen LogP contribution in [0.4, 0.5) is 0 Å². The molecule has 0 saturated heterocycles. The maximum Gasteiger partial charge on any atom is 0.267 e. The Morgan fingerprint density at radius 1 is 1.38 bits per heavy atom. The van der Waals surface area contributed by atoms with Gasteiger partial charge in [-0.3, -0.25) is 9.36 Å². The van der Waals surface area contributed by atoms with Gasteiger partial charge in [0.05, 0.1) is 18.3 Å². The van der Waals surface area contributed by atoms with Crippen LogP contribution in [0.5, 0.6) is 0 Å². The van der Waals surface area contributed by atoms with Crippen molar-refractivity contribution in [1.82, 2.24) is 19.1 Å². The van der Waals surface area contributed by atoms with Crippen LogP contribution in [0, 0.1) is 6.92 Å². The molecule has 0 aliphatic heterocycles. The second-order valence-electron chi connectivity index (χ2n) is 3.44. The summed E-state index contributed by atoms with van der Waals surface area (Å²) in [6, 6.07) is 0. The van der Waals surface area contributed by atoms with Crippen LogP contribution in [0.3, 0.4) is 0 Å². The number of hydrogen-bond donors (Lipinski definition) is 0. The molecule has 0 N–H and O–H groups in total. The Balaban J connectivity index is 2.17. The topological polar surface area (TPSA) is 52.7 Å². The van der Waals surface area contributed by atoms with E-state index in [0.29, 0.717) is 23.3 Å². The van der Waals surface area contributed by atoms with Crippen molar-refractivity contribution in [1.29, 1.82) is 0 Å². The van der Waals surface area contributed by atoms with E-state index in [9.17, 15) is 4.79 Å². The second-order valence-corrected chi connectivity index (χ2v) is 4.24. The highest BCUT2D eigenvalue weighted by Gasteiger charge is 2.04. The zero-order chi connectivity index (χ0) is 11.5. The largest absolute Gasteiger partial charge is 0.336 e. The second kappa shape index (κ2) is 4.61. The molecule has 0 spiro atoms. The van der Waals surface area contributed by atoms with Crippen LogP contribution in [0.2, 0.25) is 0 Å². The molecule has 6 heteroatoms. The third-order valence-corrected chi connectivity index (χ3v) is 3.23. The van der Waals surface area contributed by atoms with E-state index >= 15 is 0 Å². The Hall–Kier alpha value is -1.43. The molecule has 0 radical (unpaired) electrons. The van der Waals surface area contributed by atoms with E-state index in [2.05, 4.69) is 25.9 Å². The average molecular weight is 283 g/mol. The van der Waals surface area contributed by atoms with E-state index < -0.39 is 0 Å². The molecule has 16 heavy (non-hydrogen) atoms. The number of aryl methyl sites for hydroxylation is 3. The number of aromatic nitrogens is 4. The molecule has 0 bridgehead atoms. The highest BCUT2D eigenvalue weighted by molar-refractivity contribution is 9.10. The van der Waals surface area contributed by atoms with Crippen molar-refractivity contribution >= 4 is 15.9 Å². The first-order valence-corrected chi connectivity index (χ1v) is 5.65. The SMILES string of the molecule is Cc1ncn(CCn2ccnc2)c(=O)c1Br. The molecule has 0 fully saturated rings. The fourth-order valence-corrected chi connectivity index (χ4v) is 1.68. The fourth-order valence-electron chi connectivity index (χ4n) is 1.35. The molecule has 0 aromatic carbocycles. The van der Waals surface area contributed by atoms with E-state index in [-0.39, 0.29) is 5.56 Å². The first-order valence-electron chi connectivity index (χ1n) is 4.86. The Labute approximate surface area is 101 Å². The lowest BCUT2D eigenvalue weighted by atomic mass is 10.4. The lowest BCUT2D eigenvalue weighted by Crippen LogP contribution is -2.24. The molecule has 0 aliphatic carbocycles. The van der Waals surface area contributed by atoms with E-state index in [4.69, 9.17) is 0 Å². The summed E-state index contributed by atoms with van der Waals surface area (Å²) in [4.78, 5) is 19.9. The predicted molar refractivity (Wildman–Crippen MR) is 63.2 cm³/mol. The maximum atomic E-state index is 11.8. The highest BCUT2D eigenvalue weighted by Crippen LogP contribution is 2.05. The Morgan fingerprint density at radius 2 is 2.19 bits per heavy atom. The van der Waals surface area contributed by atoms with Gasteiger partial charge in [-0.2, -0.15) is 0 Å². The van der Waals surface area contributed by atoms with Crippen molar-refractivity contribution in [2.75, 3.05) is 0 Å². The van der Waals surface area contributed by atoms with Crippen molar-refractivity contribution in [2.24, 2.45) is 0 Å². The Kier molecular flexibility index (Phi) is 3.19. The van der Waals surface area contributed by atoms with Gasteiger partial charge in [-0.15, -0.1) is 0 Å². The normalized spacial score (nSPS) is 10.6. The van der Waals surface area contributed by atoms with E-state index in [1.807, 2.05) is 10.8 Å². The summed E-state index contributed by atoms with van der Waals surface area (Å²) >= 11 is 3.23. The van der Waals surface area contributed by atoms with Crippen LogP contribution in [-0.2, 0) is 13.1 Å². The first kappa shape index (κ1) is 11.1. The van der Waals surface area contributed by atoms with Gasteiger partial charge < -0.3 is 4.57 Å². The number of halogens is 1. The third-order valence-electron chi connectivity index (χ3n) is 2.32. The molecule has 2 aromatic rings. The van der Waals surface area contributed by atoms with Gasteiger partial charge >= 0.3 is 0 Å². The molecule has 84 valence electrons. The van der Waals surface area contributed by atoms with Crippen molar-refractivity contribution in [3.8, 4) is 0 Å². The van der Waals surface area contributed by atoms with Crippen molar-refractivity contribution in [3.63, 3.8) is 0 Å². The van der Waals surface area contributed by atoms with Crippen molar-refractivity contribution in [2.45, 2.75) is 20.0 Å². The van der Waals surface area contributed by atoms with Gasteiger partial charge in [0.25, 0.3) is 5.56 Å². The van der Waals surface area contributed by atoms with E-state index in [0.717, 1.165) is 0 Å². The summed E-state index contributed by atoms with van der Waals surface area (Å²) in [7, 11) is 0. The summed E-state index contributed by atoms with van der Waals surface area (Å²) in [6.45, 7) is 3.09. The summed E-state index contributed by atoms with van der Waals surface area (Å²) < 4.78 is 4.03. The number of imidazole rings is 1. The standard InChI is InChI=1S/C10H11BrN4O/c1-8-9(11)10(16)15(7-13-8)5-4-14-3-2-12-6-14/h2-3,6-7H,4-5H2,1H3. The van der Waals surface area contributed by atoms with Gasteiger partial charge in [0.15, 0.2) is 0 Å². The third kappa shape index (κ3) is 2.21. The summed E-state index contributed by atoms with van der Waals surface area (Å²) in [5.41, 5.74) is 0.663. The zero-order valence-electron chi connectivity index (χ0n) is 8.80. The Morgan fingerprint density at radius 3 is 2.88 bits per heavy atom. The minimum atomic E-state index is -0.0485. The van der Waals surface area contributed by atoms with Crippen LogP contribution in [0.15, 0.2) is 34.3 Å². The van der Waals surface area contributed by atoms with Crippen LogP contribution in [0.1, 0.15) is 5.69 Å². The molecule has 2 heterocycles. The fraction of sp³-hybridized carbons (Fsp3) is 0.300. The molecule has 5 nitrogen and oxygen atoms in total. The summed E-state index contributed by atoms with van der Waals surface area (Å²) in [5.74, 6) is 0. The predicted octanol–water partition coefficient (Wildman–Crippen LogP) is 1.21. The molecule has 0 atom stereocenters. The molecule has 0 amide bonds. The van der Waals surface area contributed by atoms with Gasteiger partial charge in [-0.05, 0) is 22.9 Å².